The third kappa shape index (κ3) is 5.34. The van der Waals surface area contributed by atoms with Crippen LogP contribution in [-0.2, 0) is 19.8 Å². The Bertz CT molecular complexity index is 1080. The lowest BCUT2D eigenvalue weighted by atomic mass is 9.81. The minimum absolute atomic E-state index is 0.0461. The highest BCUT2D eigenvalue weighted by atomic mass is 19.4. The van der Waals surface area contributed by atoms with E-state index in [1.165, 1.54) is 30.2 Å². The van der Waals surface area contributed by atoms with Gasteiger partial charge in [-0.1, -0.05) is 0 Å². The van der Waals surface area contributed by atoms with Crippen LogP contribution in [0.4, 0.5) is 22.0 Å². The maximum atomic E-state index is 14.5. The van der Waals surface area contributed by atoms with Gasteiger partial charge in [-0.05, 0) is 36.4 Å². The number of benzene rings is 2. The summed E-state index contributed by atoms with van der Waals surface area (Å²) in [6.45, 7) is -0.958. The molecule has 190 valence electrons. The van der Waals surface area contributed by atoms with Crippen molar-refractivity contribution in [2.75, 3.05) is 40.2 Å². The molecule has 0 spiro atoms. The molecule has 2 atom stereocenters. The van der Waals surface area contributed by atoms with E-state index in [-0.39, 0.29) is 61.4 Å². The zero-order chi connectivity index (χ0) is 25.2. The average molecular weight is 503 g/mol. The quantitative estimate of drug-likeness (QED) is 0.421. The van der Waals surface area contributed by atoms with Crippen molar-refractivity contribution in [1.29, 1.82) is 0 Å². The van der Waals surface area contributed by atoms with Gasteiger partial charge in [0.05, 0.1) is 20.3 Å². The lowest BCUT2D eigenvalue weighted by molar-refractivity contribution is -0.325. The first kappa shape index (κ1) is 25.1. The fraction of sp³-hybridized carbons (Fsp3) is 0.435. The Morgan fingerprint density at radius 2 is 1.94 bits per heavy atom. The molecule has 1 amide bonds. The fourth-order valence-electron chi connectivity index (χ4n) is 4.28. The number of hydrogen-bond acceptors (Lipinski definition) is 6. The summed E-state index contributed by atoms with van der Waals surface area (Å²) < 4.78 is 90.1. The van der Waals surface area contributed by atoms with Gasteiger partial charge < -0.3 is 23.8 Å². The maximum Gasteiger partial charge on any atom is 0.522 e. The Morgan fingerprint density at radius 1 is 1.14 bits per heavy atom. The van der Waals surface area contributed by atoms with Crippen LogP contribution in [0.25, 0.3) is 0 Å². The first-order chi connectivity index (χ1) is 16.6. The standard InChI is InChI=1S/C23H22F5NO6/c1-31-19-10-14(2-5-18(19)32-8-9-34-23(26,27)28)21(30)29-7-6-22(20(12-29)33-13-35-22)16-11-15(24)3-4-17(16)25/h2-5,10-11,20H,6-9,12-13H2,1H3/t20?,22-/m1/s1. The lowest BCUT2D eigenvalue weighted by Crippen LogP contribution is -2.53. The molecule has 2 aromatic carbocycles. The van der Waals surface area contributed by atoms with E-state index < -0.39 is 36.3 Å². The van der Waals surface area contributed by atoms with Crippen molar-refractivity contribution >= 4 is 5.91 Å². The molecule has 2 aliphatic rings. The van der Waals surface area contributed by atoms with Crippen molar-refractivity contribution in [2.24, 2.45) is 0 Å². The largest absolute Gasteiger partial charge is 0.522 e. The first-order valence-electron chi connectivity index (χ1n) is 10.6. The van der Waals surface area contributed by atoms with Gasteiger partial charge in [-0.25, -0.2) is 8.78 Å². The number of ether oxygens (including phenoxy) is 5. The van der Waals surface area contributed by atoms with E-state index in [1.54, 1.807) is 0 Å². The number of carbonyl (C=O) groups excluding carboxylic acids is 1. The molecule has 0 N–H and O–H groups in total. The van der Waals surface area contributed by atoms with Crippen LogP contribution in [0, 0.1) is 11.6 Å². The highest BCUT2D eigenvalue weighted by Crippen LogP contribution is 2.44. The Morgan fingerprint density at radius 3 is 2.69 bits per heavy atom. The van der Waals surface area contributed by atoms with Crippen LogP contribution < -0.4 is 9.47 Å². The van der Waals surface area contributed by atoms with Crippen LogP contribution in [0.2, 0.25) is 0 Å². The zero-order valence-corrected chi connectivity index (χ0v) is 18.6. The SMILES string of the molecule is COc1cc(C(=O)N2CC[C@]3(c4cc(F)ccc4F)OCOC3C2)ccc1OCCOC(F)(F)F. The van der Waals surface area contributed by atoms with Crippen molar-refractivity contribution in [3.63, 3.8) is 0 Å². The van der Waals surface area contributed by atoms with E-state index in [1.807, 2.05) is 0 Å². The summed E-state index contributed by atoms with van der Waals surface area (Å²) in [7, 11) is 1.33. The van der Waals surface area contributed by atoms with Crippen molar-refractivity contribution in [1.82, 2.24) is 4.90 Å². The van der Waals surface area contributed by atoms with Crippen LogP contribution in [0.5, 0.6) is 11.5 Å². The normalized spacial score (nSPS) is 22.1. The van der Waals surface area contributed by atoms with Gasteiger partial charge >= 0.3 is 6.36 Å². The predicted molar refractivity (Wildman–Crippen MR) is 110 cm³/mol. The summed E-state index contributed by atoms with van der Waals surface area (Å²) in [6.07, 6.45) is -5.29. The molecule has 7 nitrogen and oxygen atoms in total. The van der Waals surface area contributed by atoms with Crippen LogP contribution >= 0.6 is 0 Å². The number of nitrogens with zero attached hydrogens (tertiary/aromatic N) is 1. The summed E-state index contributed by atoms with van der Waals surface area (Å²) in [4.78, 5) is 14.7. The van der Waals surface area contributed by atoms with Crippen LogP contribution in [0.1, 0.15) is 22.3 Å². The van der Waals surface area contributed by atoms with Crippen LogP contribution in [0.3, 0.4) is 0 Å². The number of carbonyl (C=O) groups is 1. The number of halogens is 5. The third-order valence-electron chi connectivity index (χ3n) is 5.93. The second-order valence-corrected chi connectivity index (χ2v) is 7.94. The van der Waals surface area contributed by atoms with Crippen molar-refractivity contribution in [2.45, 2.75) is 24.5 Å². The summed E-state index contributed by atoms with van der Waals surface area (Å²) in [5, 5.41) is 0. The summed E-state index contributed by atoms with van der Waals surface area (Å²) in [5.74, 6) is -1.32. The van der Waals surface area contributed by atoms with Crippen LogP contribution in [-0.4, -0.2) is 63.5 Å². The molecule has 0 saturated carbocycles. The van der Waals surface area contributed by atoms with Gasteiger partial charge in [-0.2, -0.15) is 0 Å². The van der Waals surface area contributed by atoms with E-state index in [4.69, 9.17) is 18.9 Å². The molecular formula is C23H22F5NO6. The van der Waals surface area contributed by atoms with E-state index in [2.05, 4.69) is 4.74 Å². The smallest absolute Gasteiger partial charge is 0.493 e. The molecule has 35 heavy (non-hydrogen) atoms. The number of fused-ring (bicyclic) bond motifs is 1. The molecule has 1 unspecified atom stereocenters. The lowest BCUT2D eigenvalue weighted by Gasteiger charge is -2.42. The molecule has 0 radical (unpaired) electrons. The monoisotopic (exact) mass is 503 g/mol. The molecule has 12 heteroatoms. The number of piperidine rings is 1. The highest BCUT2D eigenvalue weighted by Gasteiger charge is 2.52. The molecule has 4 rings (SSSR count). The molecule has 0 aromatic heterocycles. The highest BCUT2D eigenvalue weighted by molar-refractivity contribution is 5.95. The zero-order valence-electron chi connectivity index (χ0n) is 18.6. The van der Waals surface area contributed by atoms with Crippen molar-refractivity contribution in [3.8, 4) is 11.5 Å². The Kier molecular flexibility index (Phi) is 7.15. The number of amides is 1. The van der Waals surface area contributed by atoms with E-state index in [0.717, 1.165) is 18.2 Å². The maximum absolute atomic E-state index is 14.5. The molecule has 2 aliphatic heterocycles. The van der Waals surface area contributed by atoms with Gasteiger partial charge in [0, 0.05) is 24.1 Å². The Hall–Kier alpha value is -2.96. The molecule has 0 aliphatic carbocycles. The van der Waals surface area contributed by atoms with Crippen molar-refractivity contribution in [3.05, 3.63) is 59.2 Å². The minimum atomic E-state index is -4.76. The molecule has 2 saturated heterocycles. The Labute approximate surface area is 197 Å². The van der Waals surface area contributed by atoms with Gasteiger partial charge in [0.15, 0.2) is 11.5 Å². The fourth-order valence-corrected chi connectivity index (χ4v) is 4.28. The van der Waals surface area contributed by atoms with Gasteiger partial charge in [0.25, 0.3) is 5.91 Å². The number of likely N-dealkylation sites (tertiary alicyclic amines) is 1. The second-order valence-electron chi connectivity index (χ2n) is 7.94. The van der Waals surface area contributed by atoms with Gasteiger partial charge in [0.2, 0.25) is 0 Å². The van der Waals surface area contributed by atoms with Gasteiger partial charge in [-0.15, -0.1) is 13.2 Å². The molecular weight excluding hydrogens is 481 g/mol. The second kappa shape index (κ2) is 9.96. The number of rotatable bonds is 7. The minimum Gasteiger partial charge on any atom is -0.493 e. The van der Waals surface area contributed by atoms with Crippen LogP contribution in [0.15, 0.2) is 36.4 Å². The molecule has 2 heterocycles. The third-order valence-corrected chi connectivity index (χ3v) is 5.93. The summed E-state index contributed by atoms with van der Waals surface area (Å²) in [6, 6.07) is 7.39. The molecule has 2 fully saturated rings. The summed E-state index contributed by atoms with van der Waals surface area (Å²) in [5.41, 5.74) is -0.925. The van der Waals surface area contributed by atoms with Gasteiger partial charge in [-0.3, -0.25) is 9.53 Å². The van der Waals surface area contributed by atoms with Crippen molar-refractivity contribution < 1.29 is 50.4 Å². The Balaban J connectivity index is 1.45. The number of methoxy groups -OCH3 is 1. The number of alkyl halides is 3. The first-order valence-corrected chi connectivity index (χ1v) is 10.6. The van der Waals surface area contributed by atoms with E-state index in [9.17, 15) is 26.7 Å². The van der Waals surface area contributed by atoms with Gasteiger partial charge in [0.1, 0.15) is 36.7 Å². The predicted octanol–water partition coefficient (Wildman–Crippen LogP) is 4.00. The molecule has 2 aromatic rings. The van der Waals surface area contributed by atoms with E-state index in [0.29, 0.717) is 0 Å². The van der Waals surface area contributed by atoms with E-state index >= 15 is 0 Å². The average Bonchev–Trinajstić information content (AvgIpc) is 3.26. The summed E-state index contributed by atoms with van der Waals surface area (Å²) >= 11 is 0. The number of hydrogen-bond donors (Lipinski definition) is 0. The molecule has 0 bridgehead atoms. The topological polar surface area (TPSA) is 66.5 Å².